The van der Waals surface area contributed by atoms with Crippen LogP contribution in [0.4, 0.5) is 5.69 Å². The van der Waals surface area contributed by atoms with Gasteiger partial charge < -0.3 is 24.8 Å². The van der Waals surface area contributed by atoms with E-state index in [1.807, 2.05) is 0 Å². The number of quaternary nitrogens is 1. The lowest BCUT2D eigenvalue weighted by molar-refractivity contribution is -0.918. The molecule has 0 bridgehead atoms. The Bertz CT molecular complexity index is 496. The van der Waals surface area contributed by atoms with Gasteiger partial charge in [0, 0.05) is 12.6 Å². The zero-order chi connectivity index (χ0) is 16.8. The Labute approximate surface area is 137 Å². The van der Waals surface area contributed by atoms with Crippen LogP contribution in [0.15, 0.2) is 24.3 Å². The molecule has 23 heavy (non-hydrogen) atoms. The van der Waals surface area contributed by atoms with Gasteiger partial charge in [0.2, 0.25) is 5.91 Å². The van der Waals surface area contributed by atoms with E-state index in [9.17, 15) is 9.90 Å². The van der Waals surface area contributed by atoms with Gasteiger partial charge in [0.1, 0.15) is 50.3 Å². The normalized spacial score (nSPS) is 25.7. The SMILES string of the molecule is CC(=O)Nc1ccc(OC[C@@H](O)C[NH+]2C[C@H](C)O[C@@H](C)C2)cc1. The van der Waals surface area contributed by atoms with Crippen molar-refractivity contribution in [2.45, 2.75) is 39.1 Å². The van der Waals surface area contributed by atoms with Crippen molar-refractivity contribution in [2.24, 2.45) is 0 Å². The molecule has 3 atom stereocenters. The lowest BCUT2D eigenvalue weighted by Crippen LogP contribution is -3.16. The molecule has 128 valence electrons. The maximum atomic E-state index is 11.0. The molecule has 0 aliphatic carbocycles. The molecule has 2 rings (SSSR count). The van der Waals surface area contributed by atoms with Crippen LogP contribution in [0, 0.1) is 0 Å². The molecule has 0 saturated carbocycles. The average Bonchev–Trinajstić information content (AvgIpc) is 2.45. The summed E-state index contributed by atoms with van der Waals surface area (Å²) >= 11 is 0. The molecule has 1 aromatic rings. The summed E-state index contributed by atoms with van der Waals surface area (Å²) in [5, 5.41) is 12.9. The van der Waals surface area contributed by atoms with Crippen LogP contribution in [0.1, 0.15) is 20.8 Å². The average molecular weight is 323 g/mol. The van der Waals surface area contributed by atoms with Gasteiger partial charge in [-0.3, -0.25) is 4.79 Å². The molecule has 0 radical (unpaired) electrons. The van der Waals surface area contributed by atoms with E-state index < -0.39 is 6.10 Å². The minimum absolute atomic E-state index is 0.106. The summed E-state index contributed by atoms with van der Waals surface area (Å²) in [5.74, 6) is 0.572. The highest BCUT2D eigenvalue weighted by atomic mass is 16.5. The van der Waals surface area contributed by atoms with Crippen LogP contribution in [0.5, 0.6) is 5.75 Å². The molecule has 0 aromatic heterocycles. The first-order valence-electron chi connectivity index (χ1n) is 8.10. The summed E-state index contributed by atoms with van der Waals surface area (Å²) in [6, 6.07) is 7.12. The number of aliphatic hydroxyl groups is 1. The highest BCUT2D eigenvalue weighted by Crippen LogP contribution is 2.15. The summed E-state index contributed by atoms with van der Waals surface area (Å²) in [6.07, 6.45) is -0.0658. The number of benzene rings is 1. The standard InChI is InChI=1S/C17H26N2O4/c1-12-8-19(9-13(2)23-12)10-16(21)11-22-17-6-4-15(5-7-17)18-14(3)20/h4-7,12-13,16,21H,8-11H2,1-3H3,(H,18,20)/p+1/t12-,13-,16-/m0/s1. The van der Waals surface area contributed by atoms with E-state index in [1.165, 1.54) is 11.8 Å². The molecule has 3 N–H and O–H groups in total. The number of aliphatic hydroxyl groups excluding tert-OH is 1. The number of hydrogen-bond acceptors (Lipinski definition) is 4. The van der Waals surface area contributed by atoms with Gasteiger partial charge in [-0.1, -0.05) is 0 Å². The zero-order valence-electron chi connectivity index (χ0n) is 14.0. The Morgan fingerprint density at radius 2 is 1.96 bits per heavy atom. The first kappa shape index (κ1) is 17.7. The number of amides is 1. The fourth-order valence-corrected chi connectivity index (χ4v) is 2.98. The van der Waals surface area contributed by atoms with Gasteiger partial charge in [-0.2, -0.15) is 0 Å². The molecular weight excluding hydrogens is 296 g/mol. The number of hydrogen-bond donors (Lipinski definition) is 3. The number of ether oxygens (including phenoxy) is 2. The van der Waals surface area contributed by atoms with Crippen LogP contribution in [-0.2, 0) is 9.53 Å². The number of anilines is 1. The maximum Gasteiger partial charge on any atom is 0.221 e. The van der Waals surface area contributed by atoms with Crippen LogP contribution in [0.25, 0.3) is 0 Å². The van der Waals surface area contributed by atoms with Crippen molar-refractivity contribution < 1.29 is 24.3 Å². The van der Waals surface area contributed by atoms with Crippen molar-refractivity contribution in [1.29, 1.82) is 0 Å². The number of rotatable bonds is 6. The molecule has 1 heterocycles. The molecule has 1 aliphatic rings. The predicted molar refractivity (Wildman–Crippen MR) is 87.8 cm³/mol. The fraction of sp³-hybridized carbons (Fsp3) is 0.588. The van der Waals surface area contributed by atoms with E-state index in [1.54, 1.807) is 24.3 Å². The van der Waals surface area contributed by atoms with Crippen LogP contribution < -0.4 is 15.0 Å². The van der Waals surface area contributed by atoms with E-state index in [2.05, 4.69) is 19.2 Å². The topological polar surface area (TPSA) is 72.2 Å². The van der Waals surface area contributed by atoms with E-state index >= 15 is 0 Å². The van der Waals surface area contributed by atoms with Crippen LogP contribution in [0.3, 0.4) is 0 Å². The van der Waals surface area contributed by atoms with Gasteiger partial charge in [0.25, 0.3) is 0 Å². The molecule has 1 saturated heterocycles. The summed E-state index contributed by atoms with van der Waals surface area (Å²) in [5.41, 5.74) is 0.728. The third-order valence-corrected chi connectivity index (χ3v) is 3.76. The van der Waals surface area contributed by atoms with Gasteiger partial charge in [-0.15, -0.1) is 0 Å². The molecule has 1 fully saturated rings. The van der Waals surface area contributed by atoms with E-state index in [0.29, 0.717) is 12.3 Å². The second-order valence-electron chi connectivity index (χ2n) is 6.29. The predicted octanol–water partition coefficient (Wildman–Crippen LogP) is 0.0768. The van der Waals surface area contributed by atoms with Gasteiger partial charge in [-0.25, -0.2) is 0 Å². The van der Waals surface area contributed by atoms with Crippen LogP contribution >= 0.6 is 0 Å². The molecule has 1 aliphatic heterocycles. The van der Waals surface area contributed by atoms with E-state index in [0.717, 1.165) is 18.8 Å². The summed E-state index contributed by atoms with van der Waals surface area (Å²) in [7, 11) is 0. The van der Waals surface area contributed by atoms with Crippen molar-refractivity contribution in [2.75, 3.05) is 31.6 Å². The first-order valence-corrected chi connectivity index (χ1v) is 8.10. The highest BCUT2D eigenvalue weighted by Gasteiger charge is 2.27. The Hall–Kier alpha value is -1.63. The second-order valence-corrected chi connectivity index (χ2v) is 6.29. The van der Waals surface area contributed by atoms with Crippen molar-refractivity contribution in [3.63, 3.8) is 0 Å². The minimum atomic E-state index is -0.516. The quantitative estimate of drug-likeness (QED) is 0.693. The summed E-state index contributed by atoms with van der Waals surface area (Å²) in [6.45, 7) is 8.33. The largest absolute Gasteiger partial charge is 0.491 e. The zero-order valence-corrected chi connectivity index (χ0v) is 14.0. The van der Waals surface area contributed by atoms with Crippen molar-refractivity contribution in [3.05, 3.63) is 24.3 Å². The van der Waals surface area contributed by atoms with Crippen LogP contribution in [0.2, 0.25) is 0 Å². The first-order chi connectivity index (χ1) is 10.9. The molecule has 1 amide bonds. The van der Waals surface area contributed by atoms with Gasteiger partial charge in [0.05, 0.1) is 0 Å². The molecule has 0 spiro atoms. The maximum absolute atomic E-state index is 11.0. The lowest BCUT2D eigenvalue weighted by Gasteiger charge is -2.33. The van der Waals surface area contributed by atoms with Crippen molar-refractivity contribution in [1.82, 2.24) is 0 Å². The monoisotopic (exact) mass is 323 g/mol. The molecule has 1 aromatic carbocycles. The Balaban J connectivity index is 1.75. The highest BCUT2D eigenvalue weighted by molar-refractivity contribution is 5.88. The van der Waals surface area contributed by atoms with Crippen molar-refractivity contribution in [3.8, 4) is 5.75 Å². The Morgan fingerprint density at radius 3 is 2.52 bits per heavy atom. The Morgan fingerprint density at radius 1 is 1.35 bits per heavy atom. The van der Waals surface area contributed by atoms with E-state index in [-0.39, 0.29) is 24.7 Å². The van der Waals surface area contributed by atoms with Crippen molar-refractivity contribution >= 4 is 11.6 Å². The third kappa shape index (κ3) is 6.17. The summed E-state index contributed by atoms with van der Waals surface area (Å²) < 4.78 is 11.3. The Kier molecular flexibility index (Phi) is 6.38. The van der Waals surface area contributed by atoms with Gasteiger partial charge in [-0.05, 0) is 38.1 Å². The number of carbonyl (C=O) groups excluding carboxylic acids is 1. The van der Waals surface area contributed by atoms with Gasteiger partial charge >= 0.3 is 0 Å². The number of nitrogens with one attached hydrogen (secondary N) is 2. The van der Waals surface area contributed by atoms with Gasteiger partial charge in [0.15, 0.2) is 0 Å². The molecule has 6 nitrogen and oxygen atoms in total. The number of carbonyl (C=O) groups is 1. The third-order valence-electron chi connectivity index (χ3n) is 3.76. The molecule has 6 heteroatoms. The number of morpholine rings is 1. The van der Waals surface area contributed by atoms with E-state index in [4.69, 9.17) is 9.47 Å². The lowest BCUT2D eigenvalue weighted by atomic mass is 10.2. The molecular formula is C17H27N2O4+. The minimum Gasteiger partial charge on any atom is -0.491 e. The summed E-state index contributed by atoms with van der Waals surface area (Å²) in [4.78, 5) is 12.3. The fourth-order valence-electron chi connectivity index (χ4n) is 2.98. The van der Waals surface area contributed by atoms with Crippen LogP contribution in [-0.4, -0.2) is 55.6 Å². The smallest absolute Gasteiger partial charge is 0.221 e. The molecule has 0 unspecified atom stereocenters. The second kappa shape index (κ2) is 8.29.